The number of hydrogen-bond donors (Lipinski definition) is 1. The number of nitrogens with zero attached hydrogens (tertiary/aromatic N) is 2. The van der Waals surface area contributed by atoms with Crippen LogP contribution in [0.2, 0.25) is 0 Å². The Morgan fingerprint density at radius 1 is 1.27 bits per heavy atom. The van der Waals surface area contributed by atoms with Crippen molar-refractivity contribution in [1.29, 1.82) is 0 Å². The molecule has 0 saturated carbocycles. The topological polar surface area (TPSA) is 69.7 Å². The average molecular weight is 325 g/mol. The molecule has 1 N–H and O–H groups in total. The Morgan fingerprint density at radius 2 is 1.91 bits per heavy atom. The standard InChI is InChI=1S/C15H23N3O3S/c1-12(2)17(3)22(20,21)16-11-13-6-8-14(9-7-13)18-10-4-5-15(18)19/h6-9,12,16H,4-5,10-11H2,1-3H3. The van der Waals surface area contributed by atoms with Crippen LogP contribution >= 0.6 is 0 Å². The highest BCUT2D eigenvalue weighted by Gasteiger charge is 2.22. The predicted octanol–water partition coefficient (Wildman–Crippen LogP) is 1.49. The summed E-state index contributed by atoms with van der Waals surface area (Å²) in [5, 5.41) is 0. The molecule has 0 bridgehead atoms. The van der Waals surface area contributed by atoms with Gasteiger partial charge in [-0.3, -0.25) is 4.79 Å². The molecule has 122 valence electrons. The largest absolute Gasteiger partial charge is 0.312 e. The summed E-state index contributed by atoms with van der Waals surface area (Å²) in [5.41, 5.74) is 1.73. The van der Waals surface area contributed by atoms with Crippen LogP contribution in [0.15, 0.2) is 24.3 Å². The molecule has 0 aliphatic carbocycles. The van der Waals surface area contributed by atoms with Crippen LogP contribution < -0.4 is 9.62 Å². The van der Waals surface area contributed by atoms with Gasteiger partial charge in [-0.15, -0.1) is 0 Å². The van der Waals surface area contributed by atoms with Gasteiger partial charge in [0.15, 0.2) is 0 Å². The van der Waals surface area contributed by atoms with Crippen molar-refractivity contribution < 1.29 is 13.2 Å². The van der Waals surface area contributed by atoms with Crippen LogP contribution in [0, 0.1) is 0 Å². The van der Waals surface area contributed by atoms with E-state index in [1.165, 1.54) is 4.31 Å². The van der Waals surface area contributed by atoms with Crippen molar-refractivity contribution in [3.8, 4) is 0 Å². The minimum absolute atomic E-state index is 0.0962. The lowest BCUT2D eigenvalue weighted by molar-refractivity contribution is -0.117. The molecular formula is C15H23N3O3S. The quantitative estimate of drug-likeness (QED) is 0.861. The van der Waals surface area contributed by atoms with E-state index in [1.54, 1.807) is 11.9 Å². The molecular weight excluding hydrogens is 302 g/mol. The van der Waals surface area contributed by atoms with Crippen molar-refractivity contribution in [2.24, 2.45) is 0 Å². The minimum atomic E-state index is -3.47. The monoisotopic (exact) mass is 325 g/mol. The van der Waals surface area contributed by atoms with Gasteiger partial charge in [-0.05, 0) is 38.0 Å². The first kappa shape index (κ1) is 16.9. The second-order valence-electron chi connectivity index (χ2n) is 5.75. The number of carbonyl (C=O) groups is 1. The summed E-state index contributed by atoms with van der Waals surface area (Å²) in [6.45, 7) is 4.62. The molecule has 0 radical (unpaired) electrons. The van der Waals surface area contributed by atoms with Crippen molar-refractivity contribution in [2.75, 3.05) is 18.5 Å². The number of benzene rings is 1. The van der Waals surface area contributed by atoms with E-state index in [0.717, 1.165) is 24.2 Å². The smallest absolute Gasteiger partial charge is 0.279 e. The van der Waals surface area contributed by atoms with Crippen LogP contribution in [0.3, 0.4) is 0 Å². The highest BCUT2D eigenvalue weighted by molar-refractivity contribution is 7.87. The first-order valence-corrected chi connectivity index (χ1v) is 8.87. The highest BCUT2D eigenvalue weighted by Crippen LogP contribution is 2.21. The molecule has 22 heavy (non-hydrogen) atoms. The second kappa shape index (κ2) is 6.76. The molecule has 6 nitrogen and oxygen atoms in total. The zero-order chi connectivity index (χ0) is 16.3. The van der Waals surface area contributed by atoms with E-state index in [9.17, 15) is 13.2 Å². The van der Waals surface area contributed by atoms with Crippen LogP contribution in [0.25, 0.3) is 0 Å². The Hall–Kier alpha value is -1.44. The van der Waals surface area contributed by atoms with Gasteiger partial charge in [0.2, 0.25) is 5.91 Å². The first-order chi connectivity index (χ1) is 10.3. The van der Waals surface area contributed by atoms with Crippen LogP contribution in [0.4, 0.5) is 5.69 Å². The maximum absolute atomic E-state index is 12.0. The third kappa shape index (κ3) is 3.85. The Bertz CT molecular complexity index is 626. The summed E-state index contributed by atoms with van der Waals surface area (Å²) in [5.74, 6) is 0.145. The first-order valence-electron chi connectivity index (χ1n) is 7.43. The maximum atomic E-state index is 12.0. The van der Waals surface area contributed by atoms with Gasteiger partial charge < -0.3 is 4.90 Å². The second-order valence-corrected chi connectivity index (χ2v) is 7.57. The lowest BCUT2D eigenvalue weighted by Gasteiger charge is -2.21. The van der Waals surface area contributed by atoms with Gasteiger partial charge >= 0.3 is 0 Å². The highest BCUT2D eigenvalue weighted by atomic mass is 32.2. The predicted molar refractivity (Wildman–Crippen MR) is 86.7 cm³/mol. The van der Waals surface area contributed by atoms with Crippen molar-refractivity contribution in [3.05, 3.63) is 29.8 Å². The third-order valence-corrected chi connectivity index (χ3v) is 5.58. The van der Waals surface area contributed by atoms with Crippen LogP contribution in [-0.2, 0) is 21.5 Å². The fourth-order valence-corrected chi connectivity index (χ4v) is 3.38. The molecule has 1 aromatic carbocycles. The molecule has 0 atom stereocenters. The summed E-state index contributed by atoms with van der Waals surface area (Å²) >= 11 is 0. The lowest BCUT2D eigenvalue weighted by atomic mass is 10.2. The summed E-state index contributed by atoms with van der Waals surface area (Å²) in [6, 6.07) is 7.32. The molecule has 0 spiro atoms. The number of hydrogen-bond acceptors (Lipinski definition) is 3. The summed E-state index contributed by atoms with van der Waals surface area (Å²) in [6.07, 6.45) is 1.49. The molecule has 0 unspecified atom stereocenters. The Labute approximate surface area is 132 Å². The van der Waals surface area contributed by atoms with Gasteiger partial charge in [0.25, 0.3) is 10.2 Å². The molecule has 7 heteroatoms. The van der Waals surface area contributed by atoms with Crippen molar-refractivity contribution >= 4 is 21.8 Å². The SMILES string of the molecule is CC(C)N(C)S(=O)(=O)NCc1ccc(N2CCCC2=O)cc1. The van der Waals surface area contributed by atoms with Gasteiger partial charge in [-0.2, -0.15) is 17.4 Å². The van der Waals surface area contributed by atoms with E-state index in [4.69, 9.17) is 0 Å². The number of rotatable bonds is 6. The summed E-state index contributed by atoms with van der Waals surface area (Å²) in [4.78, 5) is 13.4. The molecule has 1 heterocycles. The molecule has 1 aliphatic heterocycles. The van der Waals surface area contributed by atoms with Gasteiger partial charge in [0.1, 0.15) is 0 Å². The Morgan fingerprint density at radius 3 is 2.41 bits per heavy atom. The van der Waals surface area contributed by atoms with Crippen molar-refractivity contribution in [1.82, 2.24) is 9.03 Å². The van der Waals surface area contributed by atoms with Gasteiger partial charge in [-0.1, -0.05) is 12.1 Å². The van der Waals surface area contributed by atoms with E-state index >= 15 is 0 Å². The fraction of sp³-hybridized carbons (Fsp3) is 0.533. The van der Waals surface area contributed by atoms with Crippen molar-refractivity contribution in [3.63, 3.8) is 0 Å². The fourth-order valence-electron chi connectivity index (χ4n) is 2.27. The third-order valence-electron chi connectivity index (χ3n) is 3.89. The Balaban J connectivity index is 1.99. The van der Waals surface area contributed by atoms with Gasteiger partial charge in [0.05, 0.1) is 0 Å². The van der Waals surface area contributed by atoms with E-state index < -0.39 is 10.2 Å². The van der Waals surface area contributed by atoms with Gasteiger partial charge in [-0.25, -0.2) is 0 Å². The van der Waals surface area contributed by atoms with E-state index in [2.05, 4.69) is 4.72 Å². The Kier molecular flexibility index (Phi) is 5.20. The van der Waals surface area contributed by atoms with E-state index in [-0.39, 0.29) is 18.5 Å². The number of nitrogens with one attached hydrogen (secondary N) is 1. The molecule has 0 aromatic heterocycles. The minimum Gasteiger partial charge on any atom is -0.312 e. The van der Waals surface area contributed by atoms with Crippen LogP contribution in [0.1, 0.15) is 32.3 Å². The summed E-state index contributed by atoms with van der Waals surface area (Å²) < 4.78 is 27.9. The lowest BCUT2D eigenvalue weighted by Crippen LogP contribution is -2.41. The molecule has 1 saturated heterocycles. The zero-order valence-electron chi connectivity index (χ0n) is 13.2. The average Bonchev–Trinajstić information content (AvgIpc) is 2.91. The van der Waals surface area contributed by atoms with Gasteiger partial charge in [0, 0.05) is 38.3 Å². The number of anilines is 1. The molecule has 1 aliphatic rings. The van der Waals surface area contributed by atoms with E-state index in [0.29, 0.717) is 6.42 Å². The zero-order valence-corrected chi connectivity index (χ0v) is 14.1. The van der Waals surface area contributed by atoms with Crippen LogP contribution in [0.5, 0.6) is 0 Å². The molecule has 1 amide bonds. The van der Waals surface area contributed by atoms with Crippen molar-refractivity contribution in [2.45, 2.75) is 39.3 Å². The normalized spacial score (nSPS) is 16.0. The molecule has 1 aromatic rings. The maximum Gasteiger partial charge on any atom is 0.279 e. The summed E-state index contributed by atoms with van der Waals surface area (Å²) in [7, 11) is -1.92. The number of carbonyl (C=O) groups excluding carboxylic acids is 1. The number of amides is 1. The molecule has 2 rings (SSSR count). The van der Waals surface area contributed by atoms with Crippen LogP contribution in [-0.4, -0.2) is 38.3 Å². The van der Waals surface area contributed by atoms with E-state index in [1.807, 2.05) is 38.1 Å². The molecule has 1 fully saturated rings.